The van der Waals surface area contributed by atoms with Crippen LogP contribution in [0.2, 0.25) is 0 Å². The first-order valence-electron chi connectivity index (χ1n) is 2.90. The highest BCUT2D eigenvalue weighted by Gasteiger charge is 2.61. The molecule has 2 saturated heterocycles. The third-order valence-corrected chi connectivity index (χ3v) is 3.77. The molecule has 0 aromatic rings. The van der Waals surface area contributed by atoms with Crippen molar-refractivity contribution in [3.05, 3.63) is 0 Å². The minimum atomic E-state index is -2.73. The Morgan fingerprint density at radius 2 is 2.33 bits per heavy atom. The van der Waals surface area contributed by atoms with Gasteiger partial charge in [-0.1, -0.05) is 0 Å². The van der Waals surface area contributed by atoms with Crippen molar-refractivity contribution in [1.29, 1.82) is 0 Å². The minimum absolute atomic E-state index is 0.0162. The number of ether oxygens (including phenoxy) is 1. The molecular weight excluding hydrogens is 140 g/mol. The lowest BCUT2D eigenvalue weighted by atomic mass is 10.2. The van der Waals surface area contributed by atoms with E-state index in [1.165, 1.54) is 0 Å². The summed E-state index contributed by atoms with van der Waals surface area (Å²) < 4.78 is 26.7. The van der Waals surface area contributed by atoms with Gasteiger partial charge in [-0.05, 0) is 6.92 Å². The Kier molecular flexibility index (Phi) is 0.743. The molecule has 0 amide bonds. The van der Waals surface area contributed by atoms with Gasteiger partial charge in [0, 0.05) is 0 Å². The SMILES string of the molecule is C[C@@]12CS(=O)(=O)C[C@@H]1O2. The van der Waals surface area contributed by atoms with Crippen molar-refractivity contribution in [3.63, 3.8) is 0 Å². The van der Waals surface area contributed by atoms with Gasteiger partial charge in [0.2, 0.25) is 0 Å². The summed E-state index contributed by atoms with van der Waals surface area (Å²) in [4.78, 5) is 0. The monoisotopic (exact) mass is 148 g/mol. The van der Waals surface area contributed by atoms with Crippen molar-refractivity contribution in [2.45, 2.75) is 18.6 Å². The second kappa shape index (κ2) is 1.18. The average molecular weight is 148 g/mol. The van der Waals surface area contributed by atoms with Gasteiger partial charge in [0.05, 0.1) is 11.5 Å². The van der Waals surface area contributed by atoms with Crippen LogP contribution in [0.3, 0.4) is 0 Å². The molecule has 0 saturated carbocycles. The van der Waals surface area contributed by atoms with Crippen molar-refractivity contribution in [3.8, 4) is 0 Å². The molecule has 0 N–H and O–H groups in total. The molecular formula is C5H8O3S. The van der Waals surface area contributed by atoms with Gasteiger partial charge >= 0.3 is 0 Å². The standard InChI is InChI=1S/C5H8O3S/c1-5-3-9(6,7)2-4(5)8-5/h4H,2-3H2,1H3/t4-,5+/m0/s1. The molecule has 2 fully saturated rings. The molecule has 52 valence electrons. The van der Waals surface area contributed by atoms with E-state index < -0.39 is 9.84 Å². The zero-order chi connectivity index (χ0) is 6.70. The summed E-state index contributed by atoms with van der Waals surface area (Å²) in [6.07, 6.45) is 0.0162. The lowest BCUT2D eigenvalue weighted by molar-refractivity contribution is 0.322. The second-order valence-electron chi connectivity index (χ2n) is 2.97. The van der Waals surface area contributed by atoms with Crippen molar-refractivity contribution >= 4 is 9.84 Å². The molecule has 2 atom stereocenters. The molecule has 4 heteroatoms. The first-order valence-corrected chi connectivity index (χ1v) is 4.72. The van der Waals surface area contributed by atoms with E-state index in [1.807, 2.05) is 6.92 Å². The van der Waals surface area contributed by atoms with E-state index >= 15 is 0 Å². The summed E-state index contributed by atoms with van der Waals surface area (Å²) in [5, 5.41) is 0. The van der Waals surface area contributed by atoms with E-state index in [0.717, 1.165) is 0 Å². The molecule has 2 aliphatic rings. The van der Waals surface area contributed by atoms with Gasteiger partial charge in [-0.2, -0.15) is 0 Å². The predicted octanol–water partition coefficient (Wildman–Crippen LogP) is -0.428. The molecule has 2 heterocycles. The van der Waals surface area contributed by atoms with Crippen LogP contribution in [0.5, 0.6) is 0 Å². The van der Waals surface area contributed by atoms with Crippen LogP contribution >= 0.6 is 0 Å². The highest BCUT2D eigenvalue weighted by atomic mass is 32.2. The van der Waals surface area contributed by atoms with E-state index in [-0.39, 0.29) is 23.2 Å². The Balaban J connectivity index is 2.33. The summed E-state index contributed by atoms with van der Waals surface area (Å²) in [6, 6.07) is 0. The van der Waals surface area contributed by atoms with E-state index in [4.69, 9.17) is 4.74 Å². The number of sulfone groups is 1. The van der Waals surface area contributed by atoms with Crippen LogP contribution in [-0.2, 0) is 14.6 Å². The highest BCUT2D eigenvalue weighted by Crippen LogP contribution is 2.43. The molecule has 2 rings (SSSR count). The largest absolute Gasteiger partial charge is 0.364 e. The molecule has 0 aliphatic carbocycles. The van der Waals surface area contributed by atoms with Gasteiger partial charge in [-0.25, -0.2) is 8.42 Å². The smallest absolute Gasteiger partial charge is 0.155 e. The molecule has 0 aromatic heterocycles. The van der Waals surface area contributed by atoms with Crippen molar-refractivity contribution in [1.82, 2.24) is 0 Å². The molecule has 3 nitrogen and oxygen atoms in total. The van der Waals surface area contributed by atoms with Crippen LogP contribution in [0, 0.1) is 0 Å². The Labute approximate surface area is 53.9 Å². The summed E-state index contributed by atoms with van der Waals surface area (Å²) in [5.41, 5.74) is -0.293. The molecule has 0 aromatic carbocycles. The number of hydrogen-bond donors (Lipinski definition) is 0. The summed E-state index contributed by atoms with van der Waals surface area (Å²) in [7, 11) is -2.73. The quantitative estimate of drug-likeness (QED) is 0.438. The molecule has 9 heavy (non-hydrogen) atoms. The zero-order valence-electron chi connectivity index (χ0n) is 5.12. The van der Waals surface area contributed by atoms with Gasteiger partial charge in [0.1, 0.15) is 11.7 Å². The molecule has 0 radical (unpaired) electrons. The minimum Gasteiger partial charge on any atom is -0.364 e. The van der Waals surface area contributed by atoms with Crippen LogP contribution in [0.15, 0.2) is 0 Å². The predicted molar refractivity (Wildman–Crippen MR) is 31.9 cm³/mol. The maximum absolute atomic E-state index is 10.8. The molecule has 0 spiro atoms. The Hall–Kier alpha value is -0.0900. The number of fused-ring (bicyclic) bond motifs is 1. The Bertz CT molecular complexity index is 243. The third-order valence-electron chi connectivity index (χ3n) is 1.95. The van der Waals surface area contributed by atoms with Crippen molar-refractivity contribution < 1.29 is 13.2 Å². The average Bonchev–Trinajstić information content (AvgIpc) is 2.03. The van der Waals surface area contributed by atoms with E-state index in [1.54, 1.807) is 0 Å². The van der Waals surface area contributed by atoms with Gasteiger partial charge < -0.3 is 4.74 Å². The van der Waals surface area contributed by atoms with Gasteiger partial charge in [0.15, 0.2) is 9.84 Å². The number of hydrogen-bond acceptors (Lipinski definition) is 3. The number of epoxide rings is 1. The van der Waals surface area contributed by atoms with Crippen LogP contribution in [0.4, 0.5) is 0 Å². The fraction of sp³-hybridized carbons (Fsp3) is 1.00. The van der Waals surface area contributed by atoms with Gasteiger partial charge in [-0.15, -0.1) is 0 Å². The zero-order valence-corrected chi connectivity index (χ0v) is 5.94. The third kappa shape index (κ3) is 0.697. The summed E-state index contributed by atoms with van der Waals surface area (Å²) in [6.45, 7) is 1.85. The van der Waals surface area contributed by atoms with E-state index in [0.29, 0.717) is 0 Å². The van der Waals surface area contributed by atoms with Crippen LogP contribution in [-0.4, -0.2) is 31.6 Å². The van der Waals surface area contributed by atoms with Gasteiger partial charge in [-0.3, -0.25) is 0 Å². The maximum atomic E-state index is 10.8. The second-order valence-corrected chi connectivity index (χ2v) is 5.08. The van der Waals surface area contributed by atoms with Crippen molar-refractivity contribution in [2.24, 2.45) is 0 Å². The summed E-state index contributed by atoms with van der Waals surface area (Å²) >= 11 is 0. The van der Waals surface area contributed by atoms with E-state index in [9.17, 15) is 8.42 Å². The molecule has 2 aliphatic heterocycles. The highest BCUT2D eigenvalue weighted by molar-refractivity contribution is 7.91. The van der Waals surface area contributed by atoms with Gasteiger partial charge in [0.25, 0.3) is 0 Å². The fourth-order valence-electron chi connectivity index (χ4n) is 1.35. The lowest BCUT2D eigenvalue weighted by Crippen LogP contribution is -2.14. The van der Waals surface area contributed by atoms with Crippen LogP contribution in [0.1, 0.15) is 6.92 Å². The molecule has 0 unspecified atom stereocenters. The fourth-order valence-corrected chi connectivity index (χ4v) is 3.48. The number of rotatable bonds is 0. The first kappa shape index (κ1) is 5.68. The molecule has 0 bridgehead atoms. The van der Waals surface area contributed by atoms with Crippen LogP contribution in [0.25, 0.3) is 0 Å². The maximum Gasteiger partial charge on any atom is 0.155 e. The first-order chi connectivity index (χ1) is 4.02. The lowest BCUT2D eigenvalue weighted by Gasteiger charge is -1.96. The Morgan fingerprint density at radius 3 is 2.56 bits per heavy atom. The Morgan fingerprint density at radius 1 is 1.67 bits per heavy atom. The van der Waals surface area contributed by atoms with Crippen molar-refractivity contribution in [2.75, 3.05) is 11.5 Å². The topological polar surface area (TPSA) is 46.7 Å². The summed E-state index contributed by atoms with van der Waals surface area (Å²) in [5.74, 6) is 0.466. The van der Waals surface area contributed by atoms with Crippen LogP contribution < -0.4 is 0 Å². The normalized spacial score (nSPS) is 52.8. The van der Waals surface area contributed by atoms with E-state index in [2.05, 4.69) is 0 Å².